The van der Waals surface area contributed by atoms with Crippen molar-refractivity contribution < 1.29 is 9.47 Å². The van der Waals surface area contributed by atoms with Crippen LogP contribution in [0.4, 0.5) is 0 Å². The Bertz CT molecular complexity index is 583. The highest BCUT2D eigenvalue weighted by Crippen LogP contribution is 2.32. The minimum absolute atomic E-state index is 0.603. The van der Waals surface area contributed by atoms with E-state index in [0.717, 1.165) is 22.6 Å². The zero-order valence-corrected chi connectivity index (χ0v) is 12.4. The third-order valence-electron chi connectivity index (χ3n) is 3.57. The minimum atomic E-state index is -0.603. The first-order valence-electron chi connectivity index (χ1n) is 6.57. The number of aryl methyl sites for hydroxylation is 1. The van der Waals surface area contributed by atoms with Crippen molar-refractivity contribution in [3.63, 3.8) is 0 Å². The van der Waals surface area contributed by atoms with Gasteiger partial charge in [-0.25, -0.2) is 0 Å². The number of hydrogen-bond acceptors (Lipinski definition) is 3. The van der Waals surface area contributed by atoms with Crippen molar-refractivity contribution in [2.45, 2.75) is 19.4 Å². The highest BCUT2D eigenvalue weighted by Gasteiger charge is 2.25. The van der Waals surface area contributed by atoms with Crippen molar-refractivity contribution in [3.05, 3.63) is 59.2 Å². The Morgan fingerprint density at radius 2 is 1.50 bits per heavy atom. The smallest absolute Gasteiger partial charge is 0.122 e. The monoisotopic (exact) mass is 271 g/mol. The standard InChI is InChI=1S/C17H21NO2/c1-12-6-5-7-13(8-12)17(2,18)14-9-15(19-3)11-16(10-14)20-4/h5-11H,18H2,1-4H3. The van der Waals surface area contributed by atoms with Crippen LogP contribution in [0, 0.1) is 6.92 Å². The molecule has 3 heteroatoms. The second-order valence-electron chi connectivity index (χ2n) is 5.17. The zero-order valence-electron chi connectivity index (χ0n) is 12.4. The second-order valence-corrected chi connectivity index (χ2v) is 5.17. The van der Waals surface area contributed by atoms with Gasteiger partial charge in [-0.1, -0.05) is 29.8 Å². The van der Waals surface area contributed by atoms with Gasteiger partial charge in [-0.05, 0) is 37.1 Å². The Morgan fingerprint density at radius 1 is 0.900 bits per heavy atom. The van der Waals surface area contributed by atoms with Crippen LogP contribution in [0.2, 0.25) is 0 Å². The van der Waals surface area contributed by atoms with Crippen LogP contribution in [-0.4, -0.2) is 14.2 Å². The first-order valence-corrected chi connectivity index (χ1v) is 6.57. The van der Waals surface area contributed by atoms with Crippen LogP contribution >= 0.6 is 0 Å². The summed E-state index contributed by atoms with van der Waals surface area (Å²) in [5, 5.41) is 0. The van der Waals surface area contributed by atoms with Crippen molar-refractivity contribution in [1.82, 2.24) is 0 Å². The minimum Gasteiger partial charge on any atom is -0.497 e. The van der Waals surface area contributed by atoms with Crippen LogP contribution in [0.25, 0.3) is 0 Å². The molecule has 106 valence electrons. The third-order valence-corrected chi connectivity index (χ3v) is 3.57. The van der Waals surface area contributed by atoms with E-state index in [-0.39, 0.29) is 0 Å². The molecule has 0 aliphatic rings. The Balaban J connectivity index is 2.53. The van der Waals surface area contributed by atoms with E-state index < -0.39 is 5.54 Å². The van der Waals surface area contributed by atoms with Crippen LogP contribution in [-0.2, 0) is 5.54 Å². The fourth-order valence-corrected chi connectivity index (χ4v) is 2.24. The highest BCUT2D eigenvalue weighted by atomic mass is 16.5. The van der Waals surface area contributed by atoms with Gasteiger partial charge < -0.3 is 15.2 Å². The number of ether oxygens (including phenoxy) is 2. The zero-order chi connectivity index (χ0) is 14.8. The van der Waals surface area contributed by atoms with Gasteiger partial charge in [0.1, 0.15) is 11.5 Å². The van der Waals surface area contributed by atoms with Gasteiger partial charge >= 0.3 is 0 Å². The van der Waals surface area contributed by atoms with Gasteiger partial charge in [-0.3, -0.25) is 0 Å². The van der Waals surface area contributed by atoms with E-state index >= 15 is 0 Å². The molecule has 0 bridgehead atoms. The van der Waals surface area contributed by atoms with Crippen molar-refractivity contribution in [2.75, 3.05) is 14.2 Å². The number of nitrogens with two attached hydrogens (primary N) is 1. The molecule has 2 N–H and O–H groups in total. The van der Waals surface area contributed by atoms with E-state index in [4.69, 9.17) is 15.2 Å². The Morgan fingerprint density at radius 3 is 2.00 bits per heavy atom. The van der Waals surface area contributed by atoms with E-state index in [1.807, 2.05) is 37.3 Å². The molecular weight excluding hydrogens is 250 g/mol. The van der Waals surface area contributed by atoms with Crippen LogP contribution in [0.5, 0.6) is 11.5 Å². The lowest BCUT2D eigenvalue weighted by Gasteiger charge is -2.27. The highest BCUT2D eigenvalue weighted by molar-refractivity contribution is 5.46. The maximum atomic E-state index is 6.56. The second kappa shape index (κ2) is 5.55. The number of methoxy groups -OCH3 is 2. The molecule has 0 fully saturated rings. The predicted octanol–water partition coefficient (Wildman–Crippen LogP) is 3.23. The summed E-state index contributed by atoms with van der Waals surface area (Å²) in [5.41, 5.74) is 9.17. The van der Waals surface area contributed by atoms with Gasteiger partial charge in [0, 0.05) is 6.07 Å². The molecule has 0 aliphatic carbocycles. The molecule has 0 aliphatic heterocycles. The number of rotatable bonds is 4. The molecule has 2 aromatic rings. The number of hydrogen-bond donors (Lipinski definition) is 1. The fourth-order valence-electron chi connectivity index (χ4n) is 2.24. The molecule has 0 aromatic heterocycles. The summed E-state index contributed by atoms with van der Waals surface area (Å²) in [6.07, 6.45) is 0. The molecule has 0 radical (unpaired) electrons. The lowest BCUT2D eigenvalue weighted by Crippen LogP contribution is -2.34. The van der Waals surface area contributed by atoms with E-state index in [1.165, 1.54) is 5.56 Å². The van der Waals surface area contributed by atoms with Gasteiger partial charge in [0.25, 0.3) is 0 Å². The maximum Gasteiger partial charge on any atom is 0.122 e. The lowest BCUT2D eigenvalue weighted by atomic mass is 9.85. The van der Waals surface area contributed by atoms with Gasteiger partial charge in [0.2, 0.25) is 0 Å². The van der Waals surface area contributed by atoms with Crippen LogP contribution in [0.15, 0.2) is 42.5 Å². The third kappa shape index (κ3) is 2.78. The van der Waals surface area contributed by atoms with Gasteiger partial charge in [-0.15, -0.1) is 0 Å². The van der Waals surface area contributed by atoms with E-state index in [1.54, 1.807) is 14.2 Å². The van der Waals surface area contributed by atoms with Crippen molar-refractivity contribution >= 4 is 0 Å². The van der Waals surface area contributed by atoms with E-state index in [9.17, 15) is 0 Å². The van der Waals surface area contributed by atoms with Gasteiger partial charge in [0.15, 0.2) is 0 Å². The Kier molecular flexibility index (Phi) is 4.00. The first kappa shape index (κ1) is 14.4. The van der Waals surface area contributed by atoms with Crippen molar-refractivity contribution in [2.24, 2.45) is 5.73 Å². The molecule has 0 saturated carbocycles. The lowest BCUT2D eigenvalue weighted by molar-refractivity contribution is 0.391. The molecule has 0 amide bonds. The van der Waals surface area contributed by atoms with Crippen LogP contribution in [0.3, 0.4) is 0 Å². The molecule has 3 nitrogen and oxygen atoms in total. The fraction of sp³-hybridized carbons (Fsp3) is 0.294. The molecule has 0 heterocycles. The summed E-state index contributed by atoms with van der Waals surface area (Å²) in [6, 6.07) is 14.0. The van der Waals surface area contributed by atoms with Crippen LogP contribution in [0.1, 0.15) is 23.6 Å². The molecule has 0 saturated heterocycles. The number of benzene rings is 2. The molecule has 1 atom stereocenters. The topological polar surface area (TPSA) is 44.5 Å². The normalized spacial score (nSPS) is 13.7. The molecule has 2 rings (SSSR count). The summed E-state index contributed by atoms with van der Waals surface area (Å²) in [4.78, 5) is 0. The summed E-state index contributed by atoms with van der Waals surface area (Å²) in [6.45, 7) is 4.06. The average Bonchev–Trinajstić information content (AvgIpc) is 2.46. The maximum absolute atomic E-state index is 6.56. The summed E-state index contributed by atoms with van der Waals surface area (Å²) < 4.78 is 10.6. The van der Waals surface area contributed by atoms with E-state index in [2.05, 4.69) is 19.1 Å². The van der Waals surface area contributed by atoms with Gasteiger partial charge in [-0.2, -0.15) is 0 Å². The van der Waals surface area contributed by atoms with Crippen LogP contribution < -0.4 is 15.2 Å². The predicted molar refractivity (Wildman–Crippen MR) is 81.4 cm³/mol. The van der Waals surface area contributed by atoms with Crippen molar-refractivity contribution in [3.8, 4) is 11.5 Å². The van der Waals surface area contributed by atoms with Crippen molar-refractivity contribution in [1.29, 1.82) is 0 Å². The Labute approximate surface area is 120 Å². The Hall–Kier alpha value is -2.00. The summed E-state index contributed by atoms with van der Waals surface area (Å²) in [7, 11) is 3.28. The molecule has 20 heavy (non-hydrogen) atoms. The SMILES string of the molecule is COc1cc(OC)cc(C(C)(N)c2cccc(C)c2)c1. The molecule has 0 spiro atoms. The average molecular weight is 271 g/mol. The molecule has 2 aromatic carbocycles. The largest absolute Gasteiger partial charge is 0.497 e. The summed E-state index contributed by atoms with van der Waals surface area (Å²) in [5.74, 6) is 1.48. The quantitative estimate of drug-likeness (QED) is 0.928. The molecule has 1 unspecified atom stereocenters. The van der Waals surface area contributed by atoms with E-state index in [0.29, 0.717) is 0 Å². The molecular formula is C17H21NO2. The first-order chi connectivity index (χ1) is 9.47. The summed E-state index contributed by atoms with van der Waals surface area (Å²) >= 11 is 0. The van der Waals surface area contributed by atoms with Gasteiger partial charge in [0.05, 0.1) is 19.8 Å².